The van der Waals surface area contributed by atoms with Crippen molar-refractivity contribution in [2.24, 2.45) is 5.92 Å². The predicted molar refractivity (Wildman–Crippen MR) is 113 cm³/mol. The Morgan fingerprint density at radius 2 is 1.88 bits per heavy atom. The first-order chi connectivity index (χ1) is 15.5. The molecule has 2 aromatic heterocycles. The second kappa shape index (κ2) is 8.26. The number of ether oxygens (including phenoxy) is 1. The van der Waals surface area contributed by atoms with Gasteiger partial charge in [-0.15, -0.1) is 0 Å². The van der Waals surface area contributed by atoms with Gasteiger partial charge >= 0.3 is 0 Å². The van der Waals surface area contributed by atoms with Crippen LogP contribution in [0.4, 0.5) is 8.78 Å². The molecule has 1 aliphatic carbocycles. The van der Waals surface area contributed by atoms with Crippen molar-refractivity contribution in [3.05, 3.63) is 71.7 Å². The molecule has 4 heterocycles. The number of aryl methyl sites for hydroxylation is 1. The number of hydrogen-bond donors (Lipinski definition) is 0. The summed E-state index contributed by atoms with van der Waals surface area (Å²) in [6.45, 7) is 2.55. The van der Waals surface area contributed by atoms with Gasteiger partial charge in [-0.25, -0.2) is 23.7 Å². The maximum Gasteiger partial charge on any atom is 0.255 e. The molecular formula is C24H22F2N4O2. The molecule has 2 bridgehead atoms. The number of carbonyl (C=O) groups is 1. The van der Waals surface area contributed by atoms with Gasteiger partial charge < -0.3 is 9.64 Å². The molecule has 32 heavy (non-hydrogen) atoms. The molecule has 0 N–H and O–H groups in total. The van der Waals surface area contributed by atoms with E-state index in [-0.39, 0.29) is 35.0 Å². The number of aromatic nitrogens is 3. The van der Waals surface area contributed by atoms with Crippen LogP contribution >= 0.6 is 0 Å². The van der Waals surface area contributed by atoms with Gasteiger partial charge in [-0.1, -0.05) is 12.1 Å². The number of hydrogen-bond acceptors (Lipinski definition) is 5. The van der Waals surface area contributed by atoms with Crippen LogP contribution in [-0.4, -0.2) is 44.4 Å². The lowest BCUT2D eigenvalue weighted by Crippen LogP contribution is -2.59. The van der Waals surface area contributed by atoms with Crippen molar-refractivity contribution in [3.8, 4) is 17.3 Å². The summed E-state index contributed by atoms with van der Waals surface area (Å²) in [5.41, 5.74) is 1.19. The Balaban J connectivity index is 1.45. The van der Waals surface area contributed by atoms with Crippen LogP contribution in [0.25, 0.3) is 11.4 Å². The lowest BCUT2D eigenvalue weighted by atomic mass is 9.77. The average Bonchev–Trinajstić information content (AvgIpc) is 2.81. The minimum absolute atomic E-state index is 0.0170. The lowest BCUT2D eigenvalue weighted by molar-refractivity contribution is -0.0313. The Morgan fingerprint density at radius 1 is 1.06 bits per heavy atom. The molecule has 6 rings (SSSR count). The fraction of sp³-hybridized carbons (Fsp3) is 0.333. The third kappa shape index (κ3) is 3.81. The van der Waals surface area contributed by atoms with Crippen molar-refractivity contribution in [2.45, 2.75) is 38.3 Å². The molecule has 0 spiro atoms. The highest BCUT2D eigenvalue weighted by Gasteiger charge is 2.45. The molecular weight excluding hydrogens is 414 g/mol. The Morgan fingerprint density at radius 3 is 2.59 bits per heavy atom. The fourth-order valence-electron chi connectivity index (χ4n) is 4.70. The Labute approximate surface area is 184 Å². The van der Waals surface area contributed by atoms with E-state index in [0.717, 1.165) is 37.2 Å². The van der Waals surface area contributed by atoms with Gasteiger partial charge in [0.05, 0.1) is 29.6 Å². The molecule has 3 unspecified atom stereocenters. The van der Waals surface area contributed by atoms with E-state index in [1.807, 2.05) is 19.1 Å². The van der Waals surface area contributed by atoms with E-state index >= 15 is 0 Å². The van der Waals surface area contributed by atoms with Gasteiger partial charge in [0, 0.05) is 18.8 Å². The van der Waals surface area contributed by atoms with Gasteiger partial charge in [-0.05, 0) is 49.8 Å². The van der Waals surface area contributed by atoms with Crippen LogP contribution < -0.4 is 4.74 Å². The average molecular weight is 436 g/mol. The number of carbonyl (C=O) groups excluding carboxylic acids is 1. The first-order valence-electron chi connectivity index (χ1n) is 10.7. The van der Waals surface area contributed by atoms with Crippen molar-refractivity contribution < 1.29 is 18.3 Å². The van der Waals surface area contributed by atoms with Crippen molar-refractivity contribution in [3.63, 3.8) is 0 Å². The van der Waals surface area contributed by atoms with Crippen LogP contribution in [0.3, 0.4) is 0 Å². The van der Waals surface area contributed by atoms with Gasteiger partial charge in [0.1, 0.15) is 11.9 Å². The lowest BCUT2D eigenvalue weighted by Gasteiger charge is -2.49. The number of pyridine rings is 1. The zero-order valence-corrected chi connectivity index (χ0v) is 17.5. The van der Waals surface area contributed by atoms with E-state index in [2.05, 4.69) is 15.0 Å². The number of nitrogens with zero attached hydrogens (tertiary/aromatic N) is 4. The summed E-state index contributed by atoms with van der Waals surface area (Å²) in [5, 5.41) is 0. The van der Waals surface area contributed by atoms with Crippen molar-refractivity contribution >= 4 is 5.91 Å². The Hall–Kier alpha value is -3.42. The molecule has 3 atom stereocenters. The van der Waals surface area contributed by atoms with E-state index < -0.39 is 11.6 Å². The van der Waals surface area contributed by atoms with Gasteiger partial charge in [0.2, 0.25) is 5.88 Å². The summed E-state index contributed by atoms with van der Waals surface area (Å²) in [6, 6.07) is 7.93. The van der Waals surface area contributed by atoms with E-state index in [1.165, 1.54) is 12.1 Å². The first-order valence-corrected chi connectivity index (χ1v) is 10.7. The van der Waals surface area contributed by atoms with E-state index in [9.17, 15) is 13.6 Å². The summed E-state index contributed by atoms with van der Waals surface area (Å²) in [6.07, 6.45) is 6.18. The molecule has 0 radical (unpaired) electrons. The smallest absolute Gasteiger partial charge is 0.255 e. The van der Waals surface area contributed by atoms with Crippen LogP contribution in [0.1, 0.15) is 35.2 Å². The molecule has 3 aliphatic rings. The van der Waals surface area contributed by atoms with Gasteiger partial charge in [0.25, 0.3) is 5.91 Å². The standard InChI is InChI=1S/C24H22F2N4O2/c1-14-5-8-21(27-10-14)32-20-9-15-6-7-19(20)30(13-15)24(31)17-3-2-4-18(26)22(17)23-28-11-16(25)12-29-23/h2-5,8,10-12,15,19-20H,6-7,9,13H2,1H3. The third-order valence-electron chi connectivity index (χ3n) is 6.23. The van der Waals surface area contributed by atoms with Crippen LogP contribution in [0, 0.1) is 24.5 Å². The molecule has 164 valence electrons. The van der Waals surface area contributed by atoms with Crippen molar-refractivity contribution in [1.82, 2.24) is 19.9 Å². The summed E-state index contributed by atoms with van der Waals surface area (Å²) in [7, 11) is 0. The van der Waals surface area contributed by atoms with Gasteiger partial charge in [-0.2, -0.15) is 0 Å². The van der Waals surface area contributed by atoms with Gasteiger partial charge in [0.15, 0.2) is 11.6 Å². The summed E-state index contributed by atoms with van der Waals surface area (Å²) < 4.78 is 34.2. The highest BCUT2D eigenvalue weighted by Crippen LogP contribution is 2.38. The van der Waals surface area contributed by atoms with Crippen LogP contribution in [0.5, 0.6) is 5.88 Å². The second-order valence-electron chi connectivity index (χ2n) is 8.42. The normalized spacial score (nSPS) is 22.1. The molecule has 3 fully saturated rings. The van der Waals surface area contributed by atoms with E-state index in [0.29, 0.717) is 18.3 Å². The maximum atomic E-state index is 14.8. The molecule has 1 aromatic carbocycles. The fourth-order valence-corrected chi connectivity index (χ4v) is 4.70. The molecule has 1 amide bonds. The molecule has 3 aromatic rings. The van der Waals surface area contributed by atoms with Crippen molar-refractivity contribution in [2.75, 3.05) is 6.54 Å². The SMILES string of the molecule is Cc1ccc(OC2CC3CCC2N(C(=O)c2cccc(F)c2-c2ncc(F)cn2)C3)nc1. The maximum absolute atomic E-state index is 14.8. The highest BCUT2D eigenvalue weighted by molar-refractivity contribution is 6.00. The number of halogens is 2. The molecule has 2 aliphatic heterocycles. The molecule has 2 saturated heterocycles. The monoisotopic (exact) mass is 436 g/mol. The van der Waals surface area contributed by atoms with Gasteiger partial charge in [-0.3, -0.25) is 4.79 Å². The quantitative estimate of drug-likeness (QED) is 0.613. The number of fused-ring (bicyclic) bond motifs is 3. The second-order valence-corrected chi connectivity index (χ2v) is 8.42. The highest BCUT2D eigenvalue weighted by atomic mass is 19.1. The van der Waals surface area contributed by atoms with Crippen LogP contribution in [0.15, 0.2) is 48.9 Å². The number of benzene rings is 1. The Kier molecular flexibility index (Phi) is 5.28. The molecule has 8 heteroatoms. The summed E-state index contributed by atoms with van der Waals surface area (Å²) >= 11 is 0. The summed E-state index contributed by atoms with van der Waals surface area (Å²) in [4.78, 5) is 27.5. The largest absolute Gasteiger partial charge is 0.472 e. The zero-order valence-electron chi connectivity index (χ0n) is 17.5. The van der Waals surface area contributed by atoms with E-state index in [1.54, 1.807) is 17.2 Å². The third-order valence-corrected chi connectivity index (χ3v) is 6.23. The minimum atomic E-state index is -0.629. The van der Waals surface area contributed by atoms with Crippen LogP contribution in [0.2, 0.25) is 0 Å². The zero-order chi connectivity index (χ0) is 22.2. The molecule has 6 nitrogen and oxygen atoms in total. The number of rotatable bonds is 4. The van der Waals surface area contributed by atoms with E-state index in [4.69, 9.17) is 4.74 Å². The number of amides is 1. The number of piperidine rings is 2. The molecule has 1 saturated carbocycles. The first kappa shape index (κ1) is 20.5. The minimum Gasteiger partial charge on any atom is -0.472 e. The summed E-state index contributed by atoms with van der Waals surface area (Å²) in [5.74, 6) is -0.735. The Bertz CT molecular complexity index is 1140. The van der Waals surface area contributed by atoms with Crippen molar-refractivity contribution in [1.29, 1.82) is 0 Å². The predicted octanol–water partition coefficient (Wildman–Crippen LogP) is 4.20. The van der Waals surface area contributed by atoms with Crippen LogP contribution in [-0.2, 0) is 0 Å². The topological polar surface area (TPSA) is 68.2 Å².